The Bertz CT molecular complexity index is 625. The average molecular weight is 343 g/mol. The van der Waals surface area contributed by atoms with E-state index in [1.807, 2.05) is 24.4 Å². The molecule has 1 aromatic carbocycles. The van der Waals surface area contributed by atoms with Crippen molar-refractivity contribution in [2.45, 2.75) is 19.4 Å². The van der Waals surface area contributed by atoms with Crippen LogP contribution in [0.3, 0.4) is 0 Å². The fourth-order valence-electron chi connectivity index (χ4n) is 3.25. The molecule has 1 aromatic heterocycles. The first kappa shape index (κ1) is 17.7. The van der Waals surface area contributed by atoms with Gasteiger partial charge in [-0.15, -0.1) is 0 Å². The van der Waals surface area contributed by atoms with Crippen molar-refractivity contribution in [1.82, 2.24) is 0 Å². The second-order valence-corrected chi connectivity index (χ2v) is 6.65. The highest BCUT2D eigenvalue weighted by atomic mass is 16.5. The number of aliphatic hydroxyl groups is 1. The van der Waals surface area contributed by atoms with Crippen molar-refractivity contribution in [3.05, 3.63) is 54.2 Å². The first-order chi connectivity index (χ1) is 12.2. The van der Waals surface area contributed by atoms with E-state index in [-0.39, 0.29) is 0 Å². The normalized spacial score (nSPS) is 16.6. The van der Waals surface area contributed by atoms with Gasteiger partial charge in [0.1, 0.15) is 51.2 Å². The van der Waals surface area contributed by atoms with Crippen molar-refractivity contribution in [3.8, 4) is 5.75 Å². The van der Waals surface area contributed by atoms with Crippen molar-refractivity contribution in [1.29, 1.82) is 0 Å². The fraction of sp³-hybridized carbons (Fsp3) is 0.450. The summed E-state index contributed by atoms with van der Waals surface area (Å²) in [5.74, 6) is 2.00. The molecular formula is C20H29N3O2+2. The molecular weight excluding hydrogens is 314 g/mol. The van der Waals surface area contributed by atoms with E-state index in [0.29, 0.717) is 6.61 Å². The monoisotopic (exact) mass is 343 g/mol. The minimum atomic E-state index is -0.435. The smallest absolute Gasteiger partial charge is 0.274 e. The molecule has 0 unspecified atom stereocenters. The number of aliphatic hydroxyl groups excluding tert-OH is 1. The summed E-state index contributed by atoms with van der Waals surface area (Å²) in [4.78, 5) is 7.09. The van der Waals surface area contributed by atoms with Gasteiger partial charge in [-0.1, -0.05) is 25.1 Å². The van der Waals surface area contributed by atoms with Gasteiger partial charge in [-0.2, -0.15) is 0 Å². The predicted molar refractivity (Wildman–Crippen MR) is 98.1 cm³/mol. The number of ether oxygens (including phenoxy) is 1. The number of aryl methyl sites for hydroxylation is 1. The minimum Gasteiger partial charge on any atom is -0.491 e. The summed E-state index contributed by atoms with van der Waals surface area (Å²) >= 11 is 0. The Balaban J connectivity index is 1.39. The summed E-state index contributed by atoms with van der Waals surface area (Å²) in [7, 11) is 0. The first-order valence-corrected chi connectivity index (χ1v) is 9.19. The first-order valence-electron chi connectivity index (χ1n) is 9.19. The fourth-order valence-corrected chi connectivity index (χ4v) is 3.25. The van der Waals surface area contributed by atoms with Crippen LogP contribution in [-0.4, -0.2) is 50.5 Å². The third-order valence-electron chi connectivity index (χ3n) is 4.80. The number of aromatic amines is 1. The number of quaternary nitrogens is 1. The number of H-pyrrole nitrogens is 1. The van der Waals surface area contributed by atoms with Gasteiger partial charge in [0.2, 0.25) is 0 Å². The second kappa shape index (κ2) is 8.83. The van der Waals surface area contributed by atoms with Crippen LogP contribution in [0.2, 0.25) is 0 Å². The molecule has 25 heavy (non-hydrogen) atoms. The summed E-state index contributed by atoms with van der Waals surface area (Å²) in [6.07, 6.45) is 2.55. The lowest BCUT2D eigenvalue weighted by molar-refractivity contribution is -0.903. The molecule has 1 aliphatic rings. The molecule has 3 rings (SSSR count). The highest BCUT2D eigenvalue weighted by molar-refractivity contribution is 5.32. The van der Waals surface area contributed by atoms with E-state index in [1.165, 1.54) is 16.3 Å². The van der Waals surface area contributed by atoms with E-state index in [0.717, 1.165) is 44.9 Å². The molecule has 0 amide bonds. The van der Waals surface area contributed by atoms with Gasteiger partial charge >= 0.3 is 0 Å². The maximum Gasteiger partial charge on any atom is 0.274 e. The molecule has 134 valence electrons. The second-order valence-electron chi connectivity index (χ2n) is 6.65. The number of anilines is 1. The zero-order valence-corrected chi connectivity index (χ0v) is 14.9. The molecule has 1 saturated heterocycles. The number of piperazine rings is 1. The maximum atomic E-state index is 10.3. The van der Waals surface area contributed by atoms with Crippen molar-refractivity contribution in [2.75, 3.05) is 44.2 Å². The van der Waals surface area contributed by atoms with Crippen LogP contribution in [0.15, 0.2) is 48.7 Å². The lowest BCUT2D eigenvalue weighted by Gasteiger charge is -2.29. The van der Waals surface area contributed by atoms with E-state index in [4.69, 9.17) is 4.74 Å². The Kier molecular flexibility index (Phi) is 6.25. The summed E-state index contributed by atoms with van der Waals surface area (Å²) in [5, 5.41) is 10.3. The number of benzene rings is 1. The number of aromatic nitrogens is 1. The van der Waals surface area contributed by atoms with Gasteiger partial charge in [-0.25, -0.2) is 4.98 Å². The Morgan fingerprint density at radius 2 is 1.92 bits per heavy atom. The molecule has 5 nitrogen and oxygen atoms in total. The lowest BCUT2D eigenvalue weighted by atomic mass is 10.2. The van der Waals surface area contributed by atoms with Gasteiger partial charge in [0.05, 0.1) is 6.20 Å². The summed E-state index contributed by atoms with van der Waals surface area (Å²) in [5.41, 5.74) is 1.30. The van der Waals surface area contributed by atoms with Crippen LogP contribution >= 0.6 is 0 Å². The van der Waals surface area contributed by atoms with Crippen molar-refractivity contribution in [2.24, 2.45) is 0 Å². The Morgan fingerprint density at radius 3 is 2.56 bits per heavy atom. The lowest BCUT2D eigenvalue weighted by Crippen LogP contribution is -3.16. The van der Waals surface area contributed by atoms with Crippen molar-refractivity contribution >= 4 is 5.82 Å². The molecule has 0 spiro atoms. The highest BCUT2D eigenvalue weighted by Crippen LogP contribution is 2.12. The molecule has 3 N–H and O–H groups in total. The summed E-state index contributed by atoms with van der Waals surface area (Å²) in [6.45, 7) is 7.29. The summed E-state index contributed by atoms with van der Waals surface area (Å²) in [6, 6.07) is 14.3. The number of rotatable bonds is 7. The van der Waals surface area contributed by atoms with Crippen LogP contribution in [-0.2, 0) is 6.42 Å². The Morgan fingerprint density at radius 1 is 1.16 bits per heavy atom. The molecule has 1 atom stereocenters. The highest BCUT2D eigenvalue weighted by Gasteiger charge is 2.27. The molecule has 0 aliphatic carbocycles. The van der Waals surface area contributed by atoms with Gasteiger partial charge in [-0.05, 0) is 30.2 Å². The van der Waals surface area contributed by atoms with Crippen LogP contribution in [0.25, 0.3) is 0 Å². The topological polar surface area (TPSA) is 51.3 Å². The summed E-state index contributed by atoms with van der Waals surface area (Å²) < 4.78 is 5.72. The van der Waals surface area contributed by atoms with Crippen LogP contribution in [0, 0.1) is 0 Å². The molecule has 0 saturated carbocycles. The zero-order chi connectivity index (χ0) is 17.5. The van der Waals surface area contributed by atoms with Crippen molar-refractivity contribution < 1.29 is 19.7 Å². The predicted octanol–water partition coefficient (Wildman–Crippen LogP) is 0.208. The van der Waals surface area contributed by atoms with Crippen LogP contribution < -0.4 is 19.5 Å². The Labute approximate surface area is 149 Å². The van der Waals surface area contributed by atoms with E-state index >= 15 is 0 Å². The minimum absolute atomic E-state index is 0.352. The SMILES string of the molecule is CCc1ccc(OC[C@@H](O)C[NH+]2CCN(c3cccc[nH+]3)CC2)cc1. The average Bonchev–Trinajstić information content (AvgIpc) is 2.68. The van der Waals surface area contributed by atoms with Crippen LogP contribution in [0.1, 0.15) is 12.5 Å². The largest absolute Gasteiger partial charge is 0.491 e. The molecule has 1 fully saturated rings. The number of pyridine rings is 1. The number of nitrogens with one attached hydrogen (secondary N) is 2. The number of nitrogens with zero attached hydrogens (tertiary/aromatic N) is 1. The van der Waals surface area contributed by atoms with Gasteiger partial charge < -0.3 is 14.7 Å². The van der Waals surface area contributed by atoms with Gasteiger partial charge in [0, 0.05) is 6.07 Å². The molecule has 5 heteroatoms. The van der Waals surface area contributed by atoms with Crippen LogP contribution in [0.5, 0.6) is 5.75 Å². The van der Waals surface area contributed by atoms with Crippen LogP contribution in [0.4, 0.5) is 5.82 Å². The molecule has 0 radical (unpaired) electrons. The van der Waals surface area contributed by atoms with Gasteiger partial charge in [0.25, 0.3) is 5.82 Å². The standard InChI is InChI=1S/C20H27N3O2/c1-2-17-6-8-19(9-7-17)25-16-18(24)15-22-11-13-23(14-12-22)20-5-3-4-10-21-20/h3-10,18,24H,2,11-16H2,1H3/p+2/t18-/m0/s1. The van der Waals surface area contributed by atoms with Crippen molar-refractivity contribution in [3.63, 3.8) is 0 Å². The maximum absolute atomic E-state index is 10.3. The van der Waals surface area contributed by atoms with E-state index in [9.17, 15) is 5.11 Å². The number of hydrogen-bond acceptors (Lipinski definition) is 3. The molecule has 0 bridgehead atoms. The quantitative estimate of drug-likeness (QED) is 0.756. The third-order valence-corrected chi connectivity index (χ3v) is 4.80. The third kappa shape index (κ3) is 5.18. The zero-order valence-electron chi connectivity index (χ0n) is 14.9. The molecule has 1 aliphatic heterocycles. The van der Waals surface area contributed by atoms with Gasteiger partial charge in [0.15, 0.2) is 0 Å². The van der Waals surface area contributed by atoms with E-state index < -0.39 is 6.10 Å². The van der Waals surface area contributed by atoms with E-state index in [2.05, 4.69) is 41.1 Å². The number of hydrogen-bond donors (Lipinski definition) is 2. The molecule has 2 aromatic rings. The Hall–Kier alpha value is -2.11. The van der Waals surface area contributed by atoms with E-state index in [1.54, 1.807) is 0 Å². The van der Waals surface area contributed by atoms with Gasteiger partial charge in [-0.3, -0.25) is 4.90 Å². The molecule has 2 heterocycles.